The van der Waals surface area contributed by atoms with Gasteiger partial charge in [-0.3, -0.25) is 0 Å². The lowest BCUT2D eigenvalue weighted by molar-refractivity contribution is 0.588. The third kappa shape index (κ3) is 4.21. The maximum absolute atomic E-state index is 9.00. The highest BCUT2D eigenvalue weighted by molar-refractivity contribution is 6.57. The molecule has 0 radical (unpaired) electrons. The maximum atomic E-state index is 9.00. The molecule has 0 fully saturated rings. The van der Waals surface area contributed by atoms with Crippen molar-refractivity contribution in [2.75, 3.05) is 0 Å². The average molecular weight is 139 g/mol. The quantitative estimate of drug-likeness (QED) is 0.441. The minimum absolute atomic E-state index is 0.379. The monoisotopic (exact) mass is 139 g/mol. The second kappa shape index (κ2) is 4.17. The van der Waals surface area contributed by atoms with Gasteiger partial charge in [0.05, 0.1) is 0 Å². The summed E-state index contributed by atoms with van der Waals surface area (Å²) in [7, 11) is 0. The molecule has 0 saturated heterocycles. The summed E-state index contributed by atoms with van der Waals surface area (Å²) in [6.07, 6.45) is 3.60. The Morgan fingerprint density at radius 1 is 1.40 bits per heavy atom. The van der Waals surface area contributed by atoms with Crippen LogP contribution in [-0.2, 0) is 0 Å². The van der Waals surface area contributed by atoms with E-state index in [2.05, 4.69) is 0 Å². The Hall–Kier alpha value is -0.695. The first-order valence-corrected chi connectivity index (χ1v) is 3.32. The second-order valence-electron chi connectivity index (χ2n) is 2.50. The zero-order chi connectivity index (χ0) is 8.15. The molecule has 0 aliphatic rings. The van der Waals surface area contributed by atoms with E-state index >= 15 is 0 Å². The van der Waals surface area contributed by atoms with Crippen molar-refractivity contribution < 1.29 is 5.02 Å². The topological polar surface area (TPSA) is 46.2 Å². The fourth-order valence-electron chi connectivity index (χ4n) is 0.402. The summed E-state index contributed by atoms with van der Waals surface area (Å²) in [5, 5.41) is 9.00. The molecule has 0 unspecified atom stereocenters. The summed E-state index contributed by atoms with van der Waals surface area (Å²) in [4.78, 5) is 0. The summed E-state index contributed by atoms with van der Waals surface area (Å²) in [5.74, 6) is 0. The van der Waals surface area contributed by atoms with Crippen molar-refractivity contribution in [1.82, 2.24) is 0 Å². The van der Waals surface area contributed by atoms with Gasteiger partial charge >= 0.3 is 6.92 Å². The minimum atomic E-state index is -0.379. The molecule has 0 bridgehead atoms. The molecule has 0 aromatic carbocycles. The zero-order valence-electron chi connectivity index (χ0n) is 6.76. The van der Waals surface area contributed by atoms with Crippen LogP contribution in [0.25, 0.3) is 0 Å². The summed E-state index contributed by atoms with van der Waals surface area (Å²) in [6.45, 7) is 5.03. The Kier molecular flexibility index (Phi) is 3.88. The number of nitrogens with two attached hydrogens (primary N) is 1. The molecular formula is C7H14BNO. The van der Waals surface area contributed by atoms with Gasteiger partial charge in [-0.1, -0.05) is 18.4 Å². The Labute approximate surface area is 62.5 Å². The molecule has 0 amide bonds. The average Bonchev–Trinajstić information content (AvgIpc) is 1.82. The Morgan fingerprint density at radius 2 is 1.90 bits per heavy atom. The van der Waals surface area contributed by atoms with E-state index in [0.717, 1.165) is 11.2 Å². The maximum Gasteiger partial charge on any atom is 0.315 e. The fourth-order valence-corrected chi connectivity index (χ4v) is 0.402. The highest BCUT2D eigenvalue weighted by Crippen LogP contribution is 1.96. The lowest BCUT2D eigenvalue weighted by atomic mass is 9.64. The van der Waals surface area contributed by atoms with Gasteiger partial charge in [0.1, 0.15) is 0 Å². The van der Waals surface area contributed by atoms with Gasteiger partial charge in [0.25, 0.3) is 0 Å². The Balaban J connectivity index is 4.05. The van der Waals surface area contributed by atoms with Gasteiger partial charge < -0.3 is 10.8 Å². The first-order chi connectivity index (χ1) is 4.54. The minimum Gasteiger partial charge on any atom is -0.447 e. The standard InChI is InChI=1S/C7H14BNO/c1-6(8(3)10)4-5-7(2)9/h4-5,10H,9H2,1-3H3/b6-4+,7-5+. The van der Waals surface area contributed by atoms with Gasteiger partial charge in [-0.15, -0.1) is 0 Å². The number of hydrogen-bond acceptors (Lipinski definition) is 2. The first-order valence-electron chi connectivity index (χ1n) is 3.32. The van der Waals surface area contributed by atoms with E-state index in [0.29, 0.717) is 0 Å². The summed E-state index contributed by atoms with van der Waals surface area (Å²) >= 11 is 0. The molecule has 0 aliphatic carbocycles. The van der Waals surface area contributed by atoms with Crippen LogP contribution in [0.1, 0.15) is 13.8 Å². The highest BCUT2D eigenvalue weighted by atomic mass is 16.2. The predicted molar refractivity (Wildman–Crippen MR) is 45.5 cm³/mol. The molecule has 0 heterocycles. The molecule has 0 spiro atoms. The normalized spacial score (nSPS) is 13.6. The van der Waals surface area contributed by atoms with Gasteiger partial charge in [-0.2, -0.15) is 0 Å². The van der Waals surface area contributed by atoms with E-state index in [-0.39, 0.29) is 6.92 Å². The molecule has 0 saturated carbocycles. The number of allylic oxidation sites excluding steroid dienone is 4. The third-order valence-electron chi connectivity index (χ3n) is 1.27. The van der Waals surface area contributed by atoms with Crippen LogP contribution in [0, 0.1) is 0 Å². The van der Waals surface area contributed by atoms with Crippen molar-refractivity contribution >= 4 is 6.92 Å². The third-order valence-corrected chi connectivity index (χ3v) is 1.27. The molecule has 0 rings (SSSR count). The van der Waals surface area contributed by atoms with Crippen LogP contribution < -0.4 is 5.73 Å². The molecular weight excluding hydrogens is 125 g/mol. The molecule has 10 heavy (non-hydrogen) atoms. The van der Waals surface area contributed by atoms with Gasteiger partial charge in [-0.05, 0) is 19.9 Å². The zero-order valence-corrected chi connectivity index (χ0v) is 6.76. The van der Waals surface area contributed by atoms with Crippen LogP contribution in [0.5, 0.6) is 0 Å². The summed E-state index contributed by atoms with van der Waals surface area (Å²) in [6, 6.07) is 0. The van der Waals surface area contributed by atoms with Gasteiger partial charge in [-0.25, -0.2) is 0 Å². The lowest BCUT2D eigenvalue weighted by Gasteiger charge is -1.96. The smallest absolute Gasteiger partial charge is 0.315 e. The van der Waals surface area contributed by atoms with Gasteiger partial charge in [0, 0.05) is 5.70 Å². The Bertz CT molecular complexity index is 157. The van der Waals surface area contributed by atoms with Crippen LogP contribution in [0.15, 0.2) is 23.3 Å². The Morgan fingerprint density at radius 3 is 2.20 bits per heavy atom. The van der Waals surface area contributed by atoms with Crippen LogP contribution in [0.3, 0.4) is 0 Å². The van der Waals surface area contributed by atoms with Gasteiger partial charge in [0.15, 0.2) is 0 Å². The van der Waals surface area contributed by atoms with E-state index in [1.54, 1.807) is 12.9 Å². The molecule has 0 aliphatic heterocycles. The largest absolute Gasteiger partial charge is 0.447 e. The number of hydrogen-bond donors (Lipinski definition) is 2. The number of rotatable bonds is 2. The summed E-state index contributed by atoms with van der Waals surface area (Å²) < 4.78 is 0. The van der Waals surface area contributed by atoms with E-state index in [9.17, 15) is 0 Å². The lowest BCUT2D eigenvalue weighted by Crippen LogP contribution is -2.07. The van der Waals surface area contributed by atoms with E-state index in [1.807, 2.05) is 19.9 Å². The highest BCUT2D eigenvalue weighted by Gasteiger charge is 2.01. The molecule has 0 aromatic heterocycles. The van der Waals surface area contributed by atoms with Crippen LogP contribution in [-0.4, -0.2) is 11.9 Å². The molecule has 0 aromatic rings. The fraction of sp³-hybridized carbons (Fsp3) is 0.429. The molecule has 56 valence electrons. The molecule has 2 nitrogen and oxygen atoms in total. The van der Waals surface area contributed by atoms with Crippen molar-refractivity contribution in [2.24, 2.45) is 5.73 Å². The van der Waals surface area contributed by atoms with Crippen LogP contribution in [0.2, 0.25) is 6.82 Å². The van der Waals surface area contributed by atoms with Crippen molar-refractivity contribution in [1.29, 1.82) is 0 Å². The van der Waals surface area contributed by atoms with Crippen molar-refractivity contribution in [3.8, 4) is 0 Å². The SMILES string of the molecule is CB(O)/C(C)=C/C=C(\C)N. The van der Waals surface area contributed by atoms with E-state index in [4.69, 9.17) is 10.8 Å². The van der Waals surface area contributed by atoms with Crippen LogP contribution in [0.4, 0.5) is 0 Å². The van der Waals surface area contributed by atoms with Crippen LogP contribution >= 0.6 is 0 Å². The first kappa shape index (κ1) is 9.30. The molecule has 3 heteroatoms. The molecule has 3 N–H and O–H groups in total. The second-order valence-corrected chi connectivity index (χ2v) is 2.50. The van der Waals surface area contributed by atoms with Crippen molar-refractivity contribution in [3.63, 3.8) is 0 Å². The predicted octanol–water partition coefficient (Wildman–Crippen LogP) is 0.948. The van der Waals surface area contributed by atoms with Gasteiger partial charge in [0.2, 0.25) is 0 Å². The summed E-state index contributed by atoms with van der Waals surface area (Å²) in [5.41, 5.74) is 7.05. The van der Waals surface area contributed by atoms with E-state index < -0.39 is 0 Å². The van der Waals surface area contributed by atoms with Crippen molar-refractivity contribution in [3.05, 3.63) is 23.3 Å². The van der Waals surface area contributed by atoms with E-state index in [1.165, 1.54) is 0 Å². The molecule has 0 atom stereocenters. The van der Waals surface area contributed by atoms with Crippen molar-refractivity contribution in [2.45, 2.75) is 20.7 Å².